The topological polar surface area (TPSA) is 61.4 Å². The molecule has 1 unspecified atom stereocenters. The summed E-state index contributed by atoms with van der Waals surface area (Å²) < 4.78 is 0. The molecule has 1 heterocycles. The molecule has 21 heavy (non-hydrogen) atoms. The van der Waals surface area contributed by atoms with Crippen molar-refractivity contribution in [1.82, 2.24) is 15.5 Å². The minimum Gasteiger partial charge on any atom is -0.355 e. The number of likely N-dealkylation sites (tertiary alicyclic amines) is 1. The smallest absolute Gasteiger partial charge is 0.317 e. The van der Waals surface area contributed by atoms with E-state index in [1.54, 1.807) is 19.2 Å². The molecule has 0 aliphatic carbocycles. The molecule has 0 aromatic heterocycles. The van der Waals surface area contributed by atoms with Gasteiger partial charge < -0.3 is 15.5 Å². The van der Waals surface area contributed by atoms with Gasteiger partial charge in [-0.1, -0.05) is 12.1 Å². The van der Waals surface area contributed by atoms with E-state index in [4.69, 9.17) is 0 Å². The predicted molar refractivity (Wildman–Crippen MR) is 82.1 cm³/mol. The largest absolute Gasteiger partial charge is 0.355 e. The minimum atomic E-state index is -0.104. The highest BCUT2D eigenvalue weighted by Gasteiger charge is 2.22. The zero-order valence-electron chi connectivity index (χ0n) is 12.7. The van der Waals surface area contributed by atoms with E-state index in [2.05, 4.69) is 17.6 Å². The minimum absolute atomic E-state index is 0.00224. The molecule has 0 bridgehead atoms. The van der Waals surface area contributed by atoms with Crippen LogP contribution in [-0.2, 0) is 6.54 Å². The van der Waals surface area contributed by atoms with Gasteiger partial charge in [0.05, 0.1) is 0 Å². The zero-order chi connectivity index (χ0) is 15.2. The highest BCUT2D eigenvalue weighted by molar-refractivity contribution is 5.93. The molecule has 1 saturated heterocycles. The number of amides is 3. The van der Waals surface area contributed by atoms with Gasteiger partial charge in [0.2, 0.25) is 0 Å². The molecule has 0 radical (unpaired) electrons. The van der Waals surface area contributed by atoms with Crippen LogP contribution in [0.25, 0.3) is 0 Å². The normalized spacial score (nSPS) is 18.2. The summed E-state index contributed by atoms with van der Waals surface area (Å²) in [5.74, 6) is -0.104. The lowest BCUT2D eigenvalue weighted by Gasteiger charge is -2.33. The van der Waals surface area contributed by atoms with Gasteiger partial charge in [-0.15, -0.1) is 0 Å². The second kappa shape index (κ2) is 7.11. The van der Waals surface area contributed by atoms with E-state index in [1.165, 1.54) is 6.42 Å². The highest BCUT2D eigenvalue weighted by atomic mass is 16.2. The summed E-state index contributed by atoms with van der Waals surface area (Å²) >= 11 is 0. The molecule has 1 fully saturated rings. The first-order chi connectivity index (χ1) is 10.1. The molecule has 0 spiro atoms. The number of urea groups is 1. The fourth-order valence-corrected chi connectivity index (χ4v) is 2.60. The second-order valence-electron chi connectivity index (χ2n) is 5.47. The van der Waals surface area contributed by atoms with Crippen LogP contribution in [0.5, 0.6) is 0 Å². The number of hydrogen-bond acceptors (Lipinski definition) is 2. The average Bonchev–Trinajstić information content (AvgIpc) is 2.52. The quantitative estimate of drug-likeness (QED) is 0.895. The Kier molecular flexibility index (Phi) is 5.20. The number of rotatable bonds is 3. The third-order valence-electron chi connectivity index (χ3n) is 3.95. The second-order valence-corrected chi connectivity index (χ2v) is 5.47. The summed E-state index contributed by atoms with van der Waals surface area (Å²) in [6, 6.07) is 7.58. The van der Waals surface area contributed by atoms with Crippen molar-refractivity contribution in [2.45, 2.75) is 38.8 Å². The lowest BCUT2D eigenvalue weighted by Crippen LogP contribution is -2.47. The van der Waals surface area contributed by atoms with Crippen molar-refractivity contribution in [3.63, 3.8) is 0 Å². The van der Waals surface area contributed by atoms with Gasteiger partial charge >= 0.3 is 6.03 Å². The number of nitrogens with zero attached hydrogens (tertiary/aromatic N) is 1. The highest BCUT2D eigenvalue weighted by Crippen LogP contribution is 2.16. The van der Waals surface area contributed by atoms with Crippen molar-refractivity contribution in [2.24, 2.45) is 0 Å². The van der Waals surface area contributed by atoms with Crippen molar-refractivity contribution in [1.29, 1.82) is 0 Å². The van der Waals surface area contributed by atoms with Crippen LogP contribution in [-0.4, -0.2) is 36.5 Å². The van der Waals surface area contributed by atoms with Crippen LogP contribution in [0.2, 0.25) is 0 Å². The van der Waals surface area contributed by atoms with Gasteiger partial charge in [0.1, 0.15) is 0 Å². The lowest BCUT2D eigenvalue weighted by molar-refractivity contribution is 0.0963. The van der Waals surface area contributed by atoms with Crippen LogP contribution in [0.1, 0.15) is 42.1 Å². The van der Waals surface area contributed by atoms with Gasteiger partial charge in [0.25, 0.3) is 5.91 Å². The van der Waals surface area contributed by atoms with Crippen molar-refractivity contribution >= 4 is 11.9 Å². The van der Waals surface area contributed by atoms with Gasteiger partial charge in [0, 0.05) is 31.7 Å². The van der Waals surface area contributed by atoms with Crippen molar-refractivity contribution in [2.75, 3.05) is 13.6 Å². The Morgan fingerprint density at radius 2 is 1.95 bits per heavy atom. The number of hydrogen-bond donors (Lipinski definition) is 2. The molecule has 2 N–H and O–H groups in total. The molecule has 1 aromatic rings. The Bertz CT molecular complexity index is 499. The summed E-state index contributed by atoms with van der Waals surface area (Å²) in [5, 5.41) is 5.53. The van der Waals surface area contributed by atoms with E-state index < -0.39 is 0 Å². The fourth-order valence-electron chi connectivity index (χ4n) is 2.60. The summed E-state index contributed by atoms with van der Waals surface area (Å²) in [7, 11) is 1.61. The fraction of sp³-hybridized carbons (Fsp3) is 0.500. The molecule has 1 aliphatic rings. The SMILES string of the molecule is CNC(=O)c1ccc(CNC(=O)N2CCCCC2C)cc1. The maximum Gasteiger partial charge on any atom is 0.317 e. The summed E-state index contributed by atoms with van der Waals surface area (Å²) in [6.07, 6.45) is 3.36. The van der Waals surface area contributed by atoms with Gasteiger partial charge in [-0.2, -0.15) is 0 Å². The van der Waals surface area contributed by atoms with Crippen LogP contribution in [0.15, 0.2) is 24.3 Å². The van der Waals surface area contributed by atoms with Crippen LogP contribution in [0, 0.1) is 0 Å². The third-order valence-corrected chi connectivity index (χ3v) is 3.95. The number of nitrogens with one attached hydrogen (secondary N) is 2. The van der Waals surface area contributed by atoms with Crippen LogP contribution in [0.3, 0.4) is 0 Å². The number of benzene rings is 1. The van der Waals surface area contributed by atoms with Gasteiger partial charge in [0.15, 0.2) is 0 Å². The first-order valence-corrected chi connectivity index (χ1v) is 7.47. The molecule has 5 nitrogen and oxygen atoms in total. The third kappa shape index (κ3) is 3.97. The predicted octanol–water partition coefficient (Wildman–Crippen LogP) is 2.13. The monoisotopic (exact) mass is 289 g/mol. The number of carbonyl (C=O) groups is 2. The van der Waals surface area contributed by atoms with Crippen molar-refractivity contribution in [3.05, 3.63) is 35.4 Å². The van der Waals surface area contributed by atoms with E-state index in [-0.39, 0.29) is 11.9 Å². The maximum absolute atomic E-state index is 12.2. The van der Waals surface area contributed by atoms with Crippen molar-refractivity contribution in [3.8, 4) is 0 Å². The first kappa shape index (κ1) is 15.4. The summed E-state index contributed by atoms with van der Waals surface area (Å²) in [4.78, 5) is 25.5. The van der Waals surface area contributed by atoms with Crippen LogP contribution >= 0.6 is 0 Å². The Morgan fingerprint density at radius 3 is 2.57 bits per heavy atom. The summed E-state index contributed by atoms with van der Waals surface area (Å²) in [5.41, 5.74) is 1.61. The molecule has 114 valence electrons. The number of carbonyl (C=O) groups excluding carboxylic acids is 2. The molecular formula is C16H23N3O2. The maximum atomic E-state index is 12.2. The average molecular weight is 289 g/mol. The van der Waals surface area contributed by atoms with Crippen LogP contribution < -0.4 is 10.6 Å². The Balaban J connectivity index is 1.87. The molecular weight excluding hydrogens is 266 g/mol. The number of piperidine rings is 1. The molecule has 3 amide bonds. The molecule has 1 aliphatic heterocycles. The van der Waals surface area contributed by atoms with Crippen molar-refractivity contribution < 1.29 is 9.59 Å². The molecule has 2 rings (SSSR count). The van der Waals surface area contributed by atoms with E-state index >= 15 is 0 Å². The van der Waals surface area contributed by atoms with Gasteiger partial charge in [-0.25, -0.2) is 4.79 Å². The van der Waals surface area contributed by atoms with E-state index in [0.717, 1.165) is 24.9 Å². The Morgan fingerprint density at radius 1 is 1.24 bits per heavy atom. The van der Waals surface area contributed by atoms with E-state index in [0.29, 0.717) is 18.2 Å². The Hall–Kier alpha value is -2.04. The molecule has 1 atom stereocenters. The molecule has 0 saturated carbocycles. The van der Waals surface area contributed by atoms with E-state index in [9.17, 15) is 9.59 Å². The lowest BCUT2D eigenvalue weighted by atomic mass is 10.0. The first-order valence-electron chi connectivity index (χ1n) is 7.47. The standard InChI is InChI=1S/C16H23N3O2/c1-12-5-3-4-10-19(12)16(21)18-11-13-6-8-14(9-7-13)15(20)17-2/h6-9,12H,3-5,10-11H2,1-2H3,(H,17,20)(H,18,21). The Labute approximate surface area is 125 Å². The molecule has 1 aromatic carbocycles. The zero-order valence-corrected chi connectivity index (χ0v) is 12.7. The van der Waals surface area contributed by atoms with Gasteiger partial charge in [-0.05, 0) is 43.9 Å². The van der Waals surface area contributed by atoms with E-state index in [1.807, 2.05) is 17.0 Å². The summed E-state index contributed by atoms with van der Waals surface area (Å²) in [6.45, 7) is 3.41. The molecule has 5 heteroatoms. The van der Waals surface area contributed by atoms with Crippen LogP contribution in [0.4, 0.5) is 4.79 Å². The van der Waals surface area contributed by atoms with Gasteiger partial charge in [-0.3, -0.25) is 4.79 Å².